The number of aromatic nitrogens is 2. The second-order valence-electron chi connectivity index (χ2n) is 4.90. The molecule has 4 nitrogen and oxygen atoms in total. The fourth-order valence-electron chi connectivity index (χ4n) is 2.22. The van der Waals surface area contributed by atoms with Gasteiger partial charge in [0.25, 0.3) is 0 Å². The lowest BCUT2D eigenvalue weighted by Crippen LogP contribution is -2.22. The molecule has 0 spiro atoms. The minimum Gasteiger partial charge on any atom is -0.367 e. The molecule has 1 aliphatic rings. The third-order valence-corrected chi connectivity index (χ3v) is 3.18. The highest BCUT2D eigenvalue weighted by Crippen LogP contribution is 2.25. The van der Waals surface area contributed by atoms with Gasteiger partial charge in [0.2, 0.25) is 0 Å². The summed E-state index contributed by atoms with van der Waals surface area (Å²) in [4.78, 5) is 8.41. The summed E-state index contributed by atoms with van der Waals surface area (Å²) < 4.78 is 0. The maximum atomic E-state index is 5.90. The highest BCUT2D eigenvalue weighted by atomic mass is 15.0. The second kappa shape index (κ2) is 4.78. The third-order valence-electron chi connectivity index (χ3n) is 3.18. The first-order valence-electron chi connectivity index (χ1n) is 5.99. The van der Waals surface area contributed by atoms with Gasteiger partial charge in [-0.05, 0) is 25.2 Å². The molecule has 2 atom stereocenters. The van der Waals surface area contributed by atoms with Crippen LogP contribution in [0.3, 0.4) is 0 Å². The van der Waals surface area contributed by atoms with Crippen LogP contribution in [-0.4, -0.2) is 22.1 Å². The predicted molar refractivity (Wildman–Crippen MR) is 65.4 cm³/mol. The van der Waals surface area contributed by atoms with E-state index in [2.05, 4.69) is 29.1 Å². The molecule has 4 heteroatoms. The van der Waals surface area contributed by atoms with Crippen LogP contribution in [0.2, 0.25) is 0 Å². The Morgan fingerprint density at radius 3 is 2.88 bits per heavy atom. The molecule has 3 N–H and O–H groups in total. The van der Waals surface area contributed by atoms with Gasteiger partial charge >= 0.3 is 0 Å². The molecule has 0 amide bonds. The van der Waals surface area contributed by atoms with Crippen molar-refractivity contribution < 1.29 is 0 Å². The fourth-order valence-corrected chi connectivity index (χ4v) is 2.22. The first-order valence-corrected chi connectivity index (χ1v) is 5.99. The number of hydrogen-bond acceptors (Lipinski definition) is 4. The quantitative estimate of drug-likeness (QED) is 0.816. The van der Waals surface area contributed by atoms with Gasteiger partial charge in [0.15, 0.2) is 0 Å². The van der Waals surface area contributed by atoms with Crippen molar-refractivity contribution in [2.24, 2.45) is 5.73 Å². The highest BCUT2D eigenvalue weighted by Gasteiger charge is 2.22. The van der Waals surface area contributed by atoms with Crippen LogP contribution < -0.4 is 11.1 Å². The maximum Gasteiger partial charge on any atom is 0.133 e. The molecule has 0 aliphatic heterocycles. The van der Waals surface area contributed by atoms with Crippen molar-refractivity contribution in [1.82, 2.24) is 9.97 Å². The molecule has 1 aliphatic carbocycles. The summed E-state index contributed by atoms with van der Waals surface area (Å²) in [5.41, 5.74) is 7.09. The van der Waals surface area contributed by atoms with E-state index in [1.165, 1.54) is 5.56 Å². The van der Waals surface area contributed by atoms with Crippen molar-refractivity contribution in [3.8, 4) is 0 Å². The molecule has 1 heterocycles. The van der Waals surface area contributed by atoms with Crippen LogP contribution in [0.25, 0.3) is 0 Å². The monoisotopic (exact) mass is 220 g/mol. The number of nitrogens with two attached hydrogens (primary N) is 1. The normalized spacial score (nSPS) is 25.0. The second-order valence-corrected chi connectivity index (χ2v) is 4.90. The van der Waals surface area contributed by atoms with E-state index in [-0.39, 0.29) is 0 Å². The van der Waals surface area contributed by atoms with Crippen LogP contribution in [0.1, 0.15) is 44.6 Å². The molecule has 0 aromatic carbocycles. The number of nitrogens with zero attached hydrogens (tertiary/aromatic N) is 2. The van der Waals surface area contributed by atoms with Crippen LogP contribution in [0, 0.1) is 0 Å². The predicted octanol–water partition coefficient (Wildman–Crippen LogP) is 1.89. The lowest BCUT2D eigenvalue weighted by molar-refractivity contribution is 0.684. The standard InChI is InChI=1S/C12H20N4/c1-8(2)11-6-14-7-15-12(11)16-10-4-3-9(13)5-10/h6-10H,3-5,13H2,1-2H3,(H,14,15,16)/t9-,10-/m1/s1. The van der Waals surface area contributed by atoms with Crippen molar-refractivity contribution in [3.63, 3.8) is 0 Å². The molecule has 0 radical (unpaired) electrons. The van der Waals surface area contributed by atoms with E-state index in [0.29, 0.717) is 18.0 Å². The molecule has 1 aromatic heterocycles. The van der Waals surface area contributed by atoms with E-state index in [1.54, 1.807) is 6.33 Å². The molecular weight excluding hydrogens is 200 g/mol. The van der Waals surface area contributed by atoms with Gasteiger partial charge in [0, 0.05) is 23.8 Å². The van der Waals surface area contributed by atoms with Gasteiger partial charge in [-0.2, -0.15) is 0 Å². The molecule has 16 heavy (non-hydrogen) atoms. The molecule has 0 saturated heterocycles. The highest BCUT2D eigenvalue weighted by molar-refractivity contribution is 5.45. The Morgan fingerprint density at radius 1 is 1.44 bits per heavy atom. The largest absolute Gasteiger partial charge is 0.367 e. The summed E-state index contributed by atoms with van der Waals surface area (Å²) in [5.74, 6) is 1.42. The summed E-state index contributed by atoms with van der Waals surface area (Å²) in [6.07, 6.45) is 6.79. The molecule has 2 rings (SSSR count). The topological polar surface area (TPSA) is 63.8 Å². The van der Waals surface area contributed by atoms with Gasteiger partial charge in [0.05, 0.1) is 0 Å². The SMILES string of the molecule is CC(C)c1cncnc1N[C@@H]1CC[C@@H](N)C1. The van der Waals surface area contributed by atoms with Crippen molar-refractivity contribution >= 4 is 5.82 Å². The first kappa shape index (κ1) is 11.3. The maximum absolute atomic E-state index is 5.90. The Morgan fingerprint density at radius 2 is 2.25 bits per heavy atom. The zero-order valence-corrected chi connectivity index (χ0v) is 9.98. The van der Waals surface area contributed by atoms with E-state index in [0.717, 1.165) is 25.1 Å². The van der Waals surface area contributed by atoms with Crippen LogP contribution in [-0.2, 0) is 0 Å². The van der Waals surface area contributed by atoms with Crippen LogP contribution in [0.15, 0.2) is 12.5 Å². The number of rotatable bonds is 3. The number of nitrogens with one attached hydrogen (secondary N) is 1. The van der Waals surface area contributed by atoms with Gasteiger partial charge in [0.1, 0.15) is 12.1 Å². The van der Waals surface area contributed by atoms with Gasteiger partial charge in [-0.3, -0.25) is 0 Å². The van der Waals surface area contributed by atoms with Gasteiger partial charge in [-0.1, -0.05) is 13.8 Å². The Bertz CT molecular complexity index is 351. The van der Waals surface area contributed by atoms with Crippen molar-refractivity contribution in [3.05, 3.63) is 18.1 Å². The van der Waals surface area contributed by atoms with E-state index in [4.69, 9.17) is 5.73 Å². The zero-order valence-electron chi connectivity index (χ0n) is 9.98. The summed E-state index contributed by atoms with van der Waals surface area (Å²) in [5, 5.41) is 3.49. The molecule has 0 bridgehead atoms. The van der Waals surface area contributed by atoms with E-state index in [9.17, 15) is 0 Å². The zero-order chi connectivity index (χ0) is 11.5. The van der Waals surface area contributed by atoms with E-state index in [1.807, 2.05) is 6.20 Å². The third kappa shape index (κ3) is 2.50. The number of anilines is 1. The van der Waals surface area contributed by atoms with Crippen LogP contribution >= 0.6 is 0 Å². The van der Waals surface area contributed by atoms with E-state index >= 15 is 0 Å². The minimum absolute atomic E-state index is 0.349. The minimum atomic E-state index is 0.349. The summed E-state index contributed by atoms with van der Waals surface area (Å²) >= 11 is 0. The average molecular weight is 220 g/mol. The Hall–Kier alpha value is -1.16. The summed E-state index contributed by atoms with van der Waals surface area (Å²) in [6.45, 7) is 4.31. The molecule has 1 saturated carbocycles. The Balaban J connectivity index is 2.09. The average Bonchev–Trinajstić information content (AvgIpc) is 2.64. The van der Waals surface area contributed by atoms with Crippen molar-refractivity contribution in [2.45, 2.75) is 51.1 Å². The summed E-state index contributed by atoms with van der Waals surface area (Å²) in [7, 11) is 0. The first-order chi connectivity index (χ1) is 7.66. The van der Waals surface area contributed by atoms with Crippen LogP contribution in [0.4, 0.5) is 5.82 Å². The van der Waals surface area contributed by atoms with Gasteiger partial charge in [-0.25, -0.2) is 9.97 Å². The van der Waals surface area contributed by atoms with Crippen molar-refractivity contribution in [1.29, 1.82) is 0 Å². The molecule has 0 unspecified atom stereocenters. The molecule has 1 fully saturated rings. The molecular formula is C12H20N4. The Labute approximate surface area is 96.7 Å². The molecule has 88 valence electrons. The molecule has 1 aromatic rings. The smallest absolute Gasteiger partial charge is 0.133 e. The number of hydrogen-bond donors (Lipinski definition) is 2. The van der Waals surface area contributed by atoms with Crippen LogP contribution in [0.5, 0.6) is 0 Å². The Kier molecular flexibility index (Phi) is 3.39. The van der Waals surface area contributed by atoms with Gasteiger partial charge < -0.3 is 11.1 Å². The lowest BCUT2D eigenvalue weighted by Gasteiger charge is -2.17. The lowest BCUT2D eigenvalue weighted by atomic mass is 10.1. The fraction of sp³-hybridized carbons (Fsp3) is 0.667. The summed E-state index contributed by atoms with van der Waals surface area (Å²) in [6, 6.07) is 0.823. The van der Waals surface area contributed by atoms with Gasteiger partial charge in [-0.15, -0.1) is 0 Å². The van der Waals surface area contributed by atoms with E-state index < -0.39 is 0 Å². The van der Waals surface area contributed by atoms with Crippen molar-refractivity contribution in [2.75, 3.05) is 5.32 Å².